The number of hydrogen-bond donors (Lipinski definition) is 0. The zero-order chi connectivity index (χ0) is 12.4. The molecule has 80 valence electrons. The Labute approximate surface area is 96.3 Å². The minimum Gasteiger partial charge on any atom is -0.258 e. The molecule has 17 heavy (non-hydrogen) atoms. The first-order valence-corrected chi connectivity index (χ1v) is 4.69. The summed E-state index contributed by atoms with van der Waals surface area (Å²) in [6, 6.07) is 11.2. The molecule has 2 aromatic rings. The lowest BCUT2D eigenvalue weighted by atomic mass is 9.99. The molecule has 0 amide bonds. The van der Waals surface area contributed by atoms with Crippen molar-refractivity contribution >= 4 is 16.5 Å². The van der Waals surface area contributed by atoms with E-state index < -0.39 is 4.92 Å². The average molecular weight is 223 g/mol. The van der Waals surface area contributed by atoms with Crippen molar-refractivity contribution in [1.29, 1.82) is 10.5 Å². The van der Waals surface area contributed by atoms with Crippen molar-refractivity contribution in [2.45, 2.75) is 0 Å². The van der Waals surface area contributed by atoms with E-state index in [1.54, 1.807) is 6.07 Å². The molecule has 0 aliphatic carbocycles. The second kappa shape index (κ2) is 3.92. The smallest absolute Gasteiger partial charge is 0.258 e. The number of rotatable bonds is 1. The zero-order valence-electron chi connectivity index (χ0n) is 8.54. The van der Waals surface area contributed by atoms with E-state index in [1.807, 2.05) is 12.1 Å². The molecule has 5 heteroatoms. The number of non-ortho nitro benzene ring substituents is 1. The van der Waals surface area contributed by atoms with Crippen molar-refractivity contribution in [3.63, 3.8) is 0 Å². The van der Waals surface area contributed by atoms with Crippen molar-refractivity contribution in [3.05, 3.63) is 51.6 Å². The van der Waals surface area contributed by atoms with Gasteiger partial charge in [-0.1, -0.05) is 6.07 Å². The summed E-state index contributed by atoms with van der Waals surface area (Å²) in [5.74, 6) is 0. The molecule has 0 unspecified atom stereocenters. The third-order valence-electron chi connectivity index (χ3n) is 2.46. The van der Waals surface area contributed by atoms with Crippen LogP contribution in [0, 0.1) is 32.8 Å². The van der Waals surface area contributed by atoms with E-state index in [1.165, 1.54) is 24.3 Å². The predicted molar refractivity (Wildman–Crippen MR) is 60.0 cm³/mol. The number of nitriles is 2. The van der Waals surface area contributed by atoms with E-state index in [4.69, 9.17) is 10.5 Å². The van der Waals surface area contributed by atoms with Gasteiger partial charge in [0.1, 0.15) is 0 Å². The first kappa shape index (κ1) is 10.6. The number of hydrogen-bond acceptors (Lipinski definition) is 4. The fourth-order valence-electron chi connectivity index (χ4n) is 1.74. The van der Waals surface area contributed by atoms with E-state index in [2.05, 4.69) is 0 Å². The molecule has 2 rings (SSSR count). The Morgan fingerprint density at radius 2 is 1.71 bits per heavy atom. The van der Waals surface area contributed by atoms with Gasteiger partial charge in [-0.15, -0.1) is 0 Å². The van der Waals surface area contributed by atoms with E-state index in [9.17, 15) is 10.1 Å². The normalized spacial score (nSPS) is 9.53. The van der Waals surface area contributed by atoms with Crippen LogP contribution in [0.2, 0.25) is 0 Å². The zero-order valence-corrected chi connectivity index (χ0v) is 8.54. The van der Waals surface area contributed by atoms with Gasteiger partial charge in [-0.3, -0.25) is 10.1 Å². The van der Waals surface area contributed by atoms with Crippen LogP contribution in [0.25, 0.3) is 10.8 Å². The fourth-order valence-corrected chi connectivity index (χ4v) is 1.74. The molecule has 2 aromatic carbocycles. The van der Waals surface area contributed by atoms with Gasteiger partial charge < -0.3 is 0 Å². The maximum atomic E-state index is 10.9. The summed E-state index contributed by atoms with van der Waals surface area (Å²) in [6.07, 6.45) is 0. The van der Waals surface area contributed by atoms with Crippen LogP contribution in [0.4, 0.5) is 5.69 Å². The topological polar surface area (TPSA) is 90.7 Å². The lowest BCUT2D eigenvalue weighted by molar-refractivity contribution is -0.383. The van der Waals surface area contributed by atoms with Crippen molar-refractivity contribution in [1.82, 2.24) is 0 Å². The third-order valence-corrected chi connectivity index (χ3v) is 2.46. The molecular weight excluding hydrogens is 218 g/mol. The van der Waals surface area contributed by atoms with Crippen LogP contribution in [0.3, 0.4) is 0 Å². The Bertz CT molecular complexity index is 688. The molecular formula is C12H5N3O2. The Balaban J connectivity index is 3.02. The van der Waals surface area contributed by atoms with E-state index >= 15 is 0 Å². The molecule has 0 bridgehead atoms. The molecule has 0 fully saturated rings. The van der Waals surface area contributed by atoms with Gasteiger partial charge in [-0.25, -0.2) is 0 Å². The molecule has 0 aliphatic heterocycles. The van der Waals surface area contributed by atoms with Crippen molar-refractivity contribution in [3.8, 4) is 12.1 Å². The minimum absolute atomic E-state index is 0.101. The number of fused-ring (bicyclic) bond motifs is 1. The maximum Gasteiger partial charge on any atom is 0.277 e. The van der Waals surface area contributed by atoms with Gasteiger partial charge in [0.2, 0.25) is 0 Å². The van der Waals surface area contributed by atoms with E-state index in [0.717, 1.165) is 0 Å². The minimum atomic E-state index is -0.523. The van der Waals surface area contributed by atoms with Crippen LogP contribution in [0.1, 0.15) is 11.1 Å². The summed E-state index contributed by atoms with van der Waals surface area (Å²) in [5, 5.41) is 29.4. The van der Waals surface area contributed by atoms with Gasteiger partial charge in [0, 0.05) is 11.5 Å². The molecule has 0 spiro atoms. The Morgan fingerprint density at radius 1 is 1.06 bits per heavy atom. The highest BCUT2D eigenvalue weighted by Crippen LogP contribution is 2.30. The summed E-state index contributed by atoms with van der Waals surface area (Å²) in [4.78, 5) is 10.3. The van der Waals surface area contributed by atoms with Crippen LogP contribution in [-0.4, -0.2) is 4.92 Å². The van der Waals surface area contributed by atoms with Crippen LogP contribution >= 0.6 is 0 Å². The van der Waals surface area contributed by atoms with Crippen LogP contribution in [0.15, 0.2) is 30.3 Å². The monoisotopic (exact) mass is 223 g/mol. The van der Waals surface area contributed by atoms with Crippen LogP contribution in [-0.2, 0) is 0 Å². The van der Waals surface area contributed by atoms with Gasteiger partial charge in [0.25, 0.3) is 5.69 Å². The third kappa shape index (κ3) is 1.56. The summed E-state index contributed by atoms with van der Waals surface area (Å²) in [5.41, 5.74) is 0.432. The summed E-state index contributed by atoms with van der Waals surface area (Å²) in [7, 11) is 0. The SMILES string of the molecule is N#Cc1cccc2c([N+](=O)[O-])ccc(C#N)c12. The molecule has 0 radical (unpaired) electrons. The summed E-state index contributed by atoms with van der Waals surface area (Å²) in [6.45, 7) is 0. The second-order valence-electron chi connectivity index (χ2n) is 3.34. The van der Waals surface area contributed by atoms with Gasteiger partial charge >= 0.3 is 0 Å². The fraction of sp³-hybridized carbons (Fsp3) is 0. The van der Waals surface area contributed by atoms with E-state index in [0.29, 0.717) is 10.8 Å². The Morgan fingerprint density at radius 3 is 2.29 bits per heavy atom. The number of nitro groups is 1. The van der Waals surface area contributed by atoms with Crippen molar-refractivity contribution in [2.75, 3.05) is 0 Å². The molecule has 0 N–H and O–H groups in total. The maximum absolute atomic E-state index is 10.9. The van der Waals surface area contributed by atoms with Crippen LogP contribution in [0.5, 0.6) is 0 Å². The standard InChI is InChI=1S/C12H5N3O2/c13-6-8-2-1-3-10-11(15(16)17)5-4-9(7-14)12(8)10/h1-5H. The van der Waals surface area contributed by atoms with Gasteiger partial charge in [0.15, 0.2) is 0 Å². The molecule has 0 aromatic heterocycles. The first-order valence-electron chi connectivity index (χ1n) is 4.69. The number of nitro benzene ring substituents is 1. The number of benzene rings is 2. The largest absolute Gasteiger partial charge is 0.277 e. The molecule has 0 saturated heterocycles. The Hall–Kier alpha value is -2.92. The van der Waals surface area contributed by atoms with Gasteiger partial charge in [-0.2, -0.15) is 10.5 Å². The lowest BCUT2D eigenvalue weighted by Crippen LogP contribution is -1.92. The molecule has 0 heterocycles. The first-order chi connectivity index (χ1) is 8.19. The highest BCUT2D eigenvalue weighted by atomic mass is 16.6. The Kier molecular flexibility index (Phi) is 2.44. The van der Waals surface area contributed by atoms with E-state index in [-0.39, 0.29) is 16.8 Å². The predicted octanol–water partition coefficient (Wildman–Crippen LogP) is 2.49. The molecule has 0 saturated carbocycles. The lowest BCUT2D eigenvalue weighted by Gasteiger charge is -2.02. The van der Waals surface area contributed by atoms with Crippen molar-refractivity contribution < 1.29 is 4.92 Å². The summed E-state index contributed by atoms with van der Waals surface area (Å²) < 4.78 is 0. The van der Waals surface area contributed by atoms with Gasteiger partial charge in [-0.05, 0) is 18.2 Å². The van der Waals surface area contributed by atoms with Gasteiger partial charge in [0.05, 0.1) is 33.6 Å². The highest BCUT2D eigenvalue weighted by molar-refractivity contribution is 5.98. The highest BCUT2D eigenvalue weighted by Gasteiger charge is 2.16. The molecule has 0 atom stereocenters. The average Bonchev–Trinajstić information content (AvgIpc) is 2.36. The van der Waals surface area contributed by atoms with Crippen LogP contribution < -0.4 is 0 Å². The summed E-state index contributed by atoms with van der Waals surface area (Å²) >= 11 is 0. The quantitative estimate of drug-likeness (QED) is 0.548. The van der Waals surface area contributed by atoms with Crippen molar-refractivity contribution in [2.24, 2.45) is 0 Å². The second-order valence-corrected chi connectivity index (χ2v) is 3.34. The molecule has 0 aliphatic rings. The molecule has 5 nitrogen and oxygen atoms in total. The number of nitrogens with zero attached hydrogens (tertiary/aromatic N) is 3.